The summed E-state index contributed by atoms with van der Waals surface area (Å²) in [4.78, 5) is 0. The van der Waals surface area contributed by atoms with E-state index in [1.165, 1.54) is 61.6 Å². The zero-order valence-electron chi connectivity index (χ0n) is 14.1. The van der Waals surface area contributed by atoms with Crippen molar-refractivity contribution in [2.45, 2.75) is 58.8 Å². The Balaban J connectivity index is 1.78. The number of fused-ring (bicyclic) bond motifs is 1. The van der Waals surface area contributed by atoms with Crippen LogP contribution in [0.5, 0.6) is 0 Å². The Kier molecular flexibility index (Phi) is 4.97. The molecule has 0 amide bonds. The van der Waals surface area contributed by atoms with Gasteiger partial charge >= 0.3 is 0 Å². The van der Waals surface area contributed by atoms with E-state index < -0.39 is 0 Å². The second-order valence-electron chi connectivity index (χ2n) is 6.80. The van der Waals surface area contributed by atoms with Crippen LogP contribution in [0.4, 0.5) is 0 Å². The maximum Gasteiger partial charge on any atom is -0.0181 e. The van der Waals surface area contributed by atoms with Crippen LogP contribution >= 0.6 is 0 Å². The standard InChI is InChI=1S/C22H28/c1-3-5-6-18-8-10-19(11-9-18)21-14-13-20-15-17(4-2)7-12-22(20)16-21/h8-11,13-14,16-17H,3-7,12,15H2,1-2H3. The molecule has 0 N–H and O–H groups in total. The van der Waals surface area contributed by atoms with Crippen LogP contribution in [0.2, 0.25) is 0 Å². The second-order valence-corrected chi connectivity index (χ2v) is 6.80. The third kappa shape index (κ3) is 3.43. The molecule has 0 fully saturated rings. The third-order valence-corrected chi connectivity index (χ3v) is 5.22. The van der Waals surface area contributed by atoms with Crippen molar-refractivity contribution in [2.24, 2.45) is 5.92 Å². The highest BCUT2D eigenvalue weighted by molar-refractivity contribution is 5.65. The molecule has 1 aliphatic rings. The maximum atomic E-state index is 2.43. The fraction of sp³-hybridized carbons (Fsp3) is 0.455. The first kappa shape index (κ1) is 15.3. The molecular formula is C22H28. The molecule has 1 unspecified atom stereocenters. The zero-order chi connectivity index (χ0) is 15.4. The van der Waals surface area contributed by atoms with E-state index in [2.05, 4.69) is 56.3 Å². The monoisotopic (exact) mass is 292 g/mol. The predicted octanol–water partition coefficient (Wildman–Crippen LogP) is 6.21. The summed E-state index contributed by atoms with van der Waals surface area (Å²) in [5.41, 5.74) is 7.38. The zero-order valence-corrected chi connectivity index (χ0v) is 14.1. The van der Waals surface area contributed by atoms with Gasteiger partial charge in [0.25, 0.3) is 0 Å². The first-order valence-corrected chi connectivity index (χ1v) is 9.01. The molecule has 22 heavy (non-hydrogen) atoms. The summed E-state index contributed by atoms with van der Waals surface area (Å²) in [6, 6.07) is 16.3. The van der Waals surface area contributed by atoms with Crippen molar-refractivity contribution in [3.05, 3.63) is 59.2 Å². The third-order valence-electron chi connectivity index (χ3n) is 5.22. The fourth-order valence-corrected chi connectivity index (χ4v) is 3.60. The molecule has 3 rings (SSSR count). The Morgan fingerprint density at radius 2 is 1.68 bits per heavy atom. The number of hydrogen-bond donors (Lipinski definition) is 0. The van der Waals surface area contributed by atoms with Gasteiger partial charge in [0.05, 0.1) is 0 Å². The lowest BCUT2D eigenvalue weighted by Crippen LogP contribution is -2.13. The van der Waals surface area contributed by atoms with Gasteiger partial charge in [-0.1, -0.05) is 69.2 Å². The summed E-state index contributed by atoms with van der Waals surface area (Å²) in [5, 5.41) is 0. The molecule has 0 aliphatic heterocycles. The molecular weight excluding hydrogens is 264 g/mol. The average molecular weight is 292 g/mol. The van der Waals surface area contributed by atoms with Gasteiger partial charge in [-0.15, -0.1) is 0 Å². The lowest BCUT2D eigenvalue weighted by atomic mass is 9.81. The summed E-state index contributed by atoms with van der Waals surface area (Å²) in [6.45, 7) is 4.58. The number of rotatable bonds is 5. The molecule has 2 aromatic rings. The van der Waals surface area contributed by atoms with Gasteiger partial charge in [-0.25, -0.2) is 0 Å². The van der Waals surface area contributed by atoms with Crippen LogP contribution in [0.1, 0.15) is 56.2 Å². The van der Waals surface area contributed by atoms with Crippen LogP contribution in [0.25, 0.3) is 11.1 Å². The van der Waals surface area contributed by atoms with E-state index in [0.29, 0.717) is 0 Å². The summed E-state index contributed by atoms with van der Waals surface area (Å²) in [6.07, 6.45) is 8.99. The molecule has 0 heteroatoms. The van der Waals surface area contributed by atoms with Crippen LogP contribution in [0.15, 0.2) is 42.5 Å². The van der Waals surface area contributed by atoms with Gasteiger partial charge in [-0.2, -0.15) is 0 Å². The summed E-state index contributed by atoms with van der Waals surface area (Å²) >= 11 is 0. The van der Waals surface area contributed by atoms with Gasteiger partial charge in [0, 0.05) is 0 Å². The van der Waals surface area contributed by atoms with Gasteiger partial charge in [0.15, 0.2) is 0 Å². The minimum atomic E-state index is 0.899. The highest BCUT2D eigenvalue weighted by Gasteiger charge is 2.17. The highest BCUT2D eigenvalue weighted by atomic mass is 14.2. The molecule has 0 aromatic heterocycles. The summed E-state index contributed by atoms with van der Waals surface area (Å²) in [7, 11) is 0. The minimum Gasteiger partial charge on any atom is -0.0654 e. The predicted molar refractivity (Wildman–Crippen MR) is 96.3 cm³/mol. The average Bonchev–Trinajstić information content (AvgIpc) is 2.59. The van der Waals surface area contributed by atoms with Crippen molar-refractivity contribution < 1.29 is 0 Å². The van der Waals surface area contributed by atoms with Crippen LogP contribution in [0, 0.1) is 5.92 Å². The molecule has 0 bridgehead atoms. The molecule has 0 nitrogen and oxygen atoms in total. The molecule has 2 aromatic carbocycles. The molecule has 0 spiro atoms. The lowest BCUT2D eigenvalue weighted by Gasteiger charge is -2.24. The van der Waals surface area contributed by atoms with E-state index in [1.54, 1.807) is 11.1 Å². The quantitative estimate of drug-likeness (QED) is 0.614. The molecule has 1 atom stereocenters. The molecule has 0 saturated carbocycles. The van der Waals surface area contributed by atoms with E-state index in [0.717, 1.165) is 5.92 Å². The fourth-order valence-electron chi connectivity index (χ4n) is 3.60. The second kappa shape index (κ2) is 7.13. The van der Waals surface area contributed by atoms with E-state index in [4.69, 9.17) is 0 Å². The van der Waals surface area contributed by atoms with Crippen LogP contribution in [-0.4, -0.2) is 0 Å². The smallest absolute Gasteiger partial charge is 0.0181 e. The largest absolute Gasteiger partial charge is 0.0654 e. The number of aryl methyl sites for hydroxylation is 2. The minimum absolute atomic E-state index is 0.899. The highest BCUT2D eigenvalue weighted by Crippen LogP contribution is 2.31. The summed E-state index contributed by atoms with van der Waals surface area (Å²) < 4.78 is 0. The molecule has 0 heterocycles. The van der Waals surface area contributed by atoms with Crippen LogP contribution in [-0.2, 0) is 19.3 Å². The number of benzene rings is 2. The van der Waals surface area contributed by atoms with Crippen molar-refractivity contribution in [3.63, 3.8) is 0 Å². The van der Waals surface area contributed by atoms with E-state index in [-0.39, 0.29) is 0 Å². The first-order chi connectivity index (χ1) is 10.8. The normalized spacial score (nSPS) is 17.3. The van der Waals surface area contributed by atoms with Gasteiger partial charge in [-0.05, 0) is 65.8 Å². The number of hydrogen-bond acceptors (Lipinski definition) is 0. The van der Waals surface area contributed by atoms with Gasteiger partial charge in [0.1, 0.15) is 0 Å². The Bertz CT molecular complexity index is 606. The van der Waals surface area contributed by atoms with Gasteiger partial charge in [-0.3, -0.25) is 0 Å². The molecule has 1 aliphatic carbocycles. The van der Waals surface area contributed by atoms with Crippen molar-refractivity contribution in [2.75, 3.05) is 0 Å². The van der Waals surface area contributed by atoms with Crippen LogP contribution < -0.4 is 0 Å². The van der Waals surface area contributed by atoms with E-state index in [9.17, 15) is 0 Å². The van der Waals surface area contributed by atoms with Crippen molar-refractivity contribution in [1.82, 2.24) is 0 Å². The summed E-state index contributed by atoms with van der Waals surface area (Å²) in [5.74, 6) is 0.899. The van der Waals surface area contributed by atoms with Gasteiger partial charge < -0.3 is 0 Å². The van der Waals surface area contributed by atoms with Crippen molar-refractivity contribution in [3.8, 4) is 11.1 Å². The topological polar surface area (TPSA) is 0 Å². The van der Waals surface area contributed by atoms with E-state index >= 15 is 0 Å². The van der Waals surface area contributed by atoms with Crippen LogP contribution in [0.3, 0.4) is 0 Å². The molecule has 0 saturated heterocycles. The Morgan fingerprint density at radius 3 is 2.41 bits per heavy atom. The first-order valence-electron chi connectivity index (χ1n) is 9.01. The molecule has 116 valence electrons. The van der Waals surface area contributed by atoms with Crippen molar-refractivity contribution in [1.29, 1.82) is 0 Å². The lowest BCUT2D eigenvalue weighted by molar-refractivity contribution is 0.445. The van der Waals surface area contributed by atoms with E-state index in [1.807, 2.05) is 0 Å². The van der Waals surface area contributed by atoms with Gasteiger partial charge in [0.2, 0.25) is 0 Å². The molecule has 0 radical (unpaired) electrons. The Labute approximate surface area is 135 Å². The SMILES string of the molecule is CCCCc1ccc(-c2ccc3c(c2)CCC(CC)C3)cc1. The Morgan fingerprint density at radius 1 is 0.909 bits per heavy atom. The maximum absolute atomic E-state index is 2.43. The van der Waals surface area contributed by atoms with Crippen molar-refractivity contribution >= 4 is 0 Å². The Hall–Kier alpha value is -1.56. The number of unbranched alkanes of at least 4 members (excludes halogenated alkanes) is 1.